The van der Waals surface area contributed by atoms with Crippen molar-refractivity contribution in [3.8, 4) is 0 Å². The van der Waals surface area contributed by atoms with Crippen LogP contribution in [0.4, 0.5) is 0 Å². The zero-order valence-corrected chi connectivity index (χ0v) is 13.2. The summed E-state index contributed by atoms with van der Waals surface area (Å²) < 4.78 is 16.3. The molecule has 0 aromatic heterocycles. The lowest BCUT2D eigenvalue weighted by atomic mass is 9.82. The predicted molar refractivity (Wildman–Crippen MR) is 82.7 cm³/mol. The van der Waals surface area contributed by atoms with Crippen molar-refractivity contribution in [1.29, 1.82) is 0 Å². The Bertz CT molecular complexity index is 492. The molecule has 3 rings (SSSR count). The first-order chi connectivity index (χ1) is 10.7. The van der Waals surface area contributed by atoms with Gasteiger partial charge in [0.1, 0.15) is 0 Å². The van der Waals surface area contributed by atoms with Crippen molar-refractivity contribution in [2.45, 2.75) is 44.3 Å². The smallest absolute Gasteiger partial charge is 0.337 e. The summed E-state index contributed by atoms with van der Waals surface area (Å²) in [4.78, 5) is 11.4. The average Bonchev–Trinajstić information content (AvgIpc) is 3.02. The Morgan fingerprint density at radius 1 is 1.18 bits per heavy atom. The van der Waals surface area contributed by atoms with Gasteiger partial charge in [0.25, 0.3) is 0 Å². The molecule has 1 aliphatic carbocycles. The molecule has 2 aliphatic rings. The molecule has 4 nitrogen and oxygen atoms in total. The van der Waals surface area contributed by atoms with Crippen LogP contribution in [0.15, 0.2) is 24.3 Å². The number of carbonyl (C=O) groups excluding carboxylic acids is 1. The number of aryl methyl sites for hydroxylation is 1. The van der Waals surface area contributed by atoms with Gasteiger partial charge in [-0.3, -0.25) is 0 Å². The lowest BCUT2D eigenvalue weighted by Gasteiger charge is -2.35. The Hall–Kier alpha value is -1.39. The van der Waals surface area contributed by atoms with Gasteiger partial charge in [-0.25, -0.2) is 4.79 Å². The average molecular weight is 304 g/mol. The highest BCUT2D eigenvalue weighted by atomic mass is 16.7. The zero-order valence-electron chi connectivity index (χ0n) is 13.2. The number of rotatable bonds is 4. The van der Waals surface area contributed by atoms with Crippen LogP contribution in [0.25, 0.3) is 0 Å². The molecule has 4 heteroatoms. The molecule has 1 saturated heterocycles. The maximum atomic E-state index is 11.4. The van der Waals surface area contributed by atoms with E-state index >= 15 is 0 Å². The SMILES string of the molecule is COC(=O)c1ccc(CCC2CCC3(CC2)OCCO3)cc1. The summed E-state index contributed by atoms with van der Waals surface area (Å²) in [6.45, 7) is 1.49. The molecule has 1 saturated carbocycles. The number of esters is 1. The Morgan fingerprint density at radius 3 is 2.41 bits per heavy atom. The Labute approximate surface area is 131 Å². The largest absolute Gasteiger partial charge is 0.465 e. The van der Waals surface area contributed by atoms with Crippen molar-refractivity contribution >= 4 is 5.97 Å². The van der Waals surface area contributed by atoms with Gasteiger partial charge in [0.15, 0.2) is 5.79 Å². The third kappa shape index (κ3) is 3.50. The summed E-state index contributed by atoms with van der Waals surface area (Å²) in [7, 11) is 1.41. The number of hydrogen-bond acceptors (Lipinski definition) is 4. The van der Waals surface area contributed by atoms with Crippen LogP contribution in [0.1, 0.15) is 48.0 Å². The van der Waals surface area contributed by atoms with E-state index in [1.165, 1.54) is 31.9 Å². The van der Waals surface area contributed by atoms with E-state index in [1.807, 2.05) is 24.3 Å². The van der Waals surface area contributed by atoms with Crippen molar-refractivity contribution < 1.29 is 19.0 Å². The monoisotopic (exact) mass is 304 g/mol. The lowest BCUT2D eigenvalue weighted by molar-refractivity contribution is -0.182. The summed E-state index contributed by atoms with van der Waals surface area (Å²) in [6.07, 6.45) is 6.66. The highest BCUT2D eigenvalue weighted by molar-refractivity contribution is 5.89. The summed E-state index contributed by atoms with van der Waals surface area (Å²) in [5.74, 6) is 0.220. The molecule has 1 aliphatic heterocycles. The molecule has 0 amide bonds. The van der Waals surface area contributed by atoms with Crippen LogP contribution in [0.5, 0.6) is 0 Å². The number of ether oxygens (including phenoxy) is 3. The van der Waals surface area contributed by atoms with Gasteiger partial charge in [0.2, 0.25) is 0 Å². The molecule has 0 radical (unpaired) electrons. The third-order valence-electron chi connectivity index (χ3n) is 4.90. The van der Waals surface area contributed by atoms with Crippen LogP contribution in [0.2, 0.25) is 0 Å². The second-order valence-electron chi connectivity index (χ2n) is 6.28. The minimum atomic E-state index is -0.277. The van der Waals surface area contributed by atoms with Crippen LogP contribution in [-0.2, 0) is 20.6 Å². The lowest BCUT2D eigenvalue weighted by Crippen LogP contribution is -2.35. The van der Waals surface area contributed by atoms with Crippen molar-refractivity contribution in [2.24, 2.45) is 5.92 Å². The minimum absolute atomic E-state index is 0.251. The fraction of sp³-hybridized carbons (Fsp3) is 0.611. The first-order valence-corrected chi connectivity index (χ1v) is 8.16. The van der Waals surface area contributed by atoms with Crippen molar-refractivity contribution in [3.63, 3.8) is 0 Å². The highest BCUT2D eigenvalue weighted by Gasteiger charge is 2.39. The van der Waals surface area contributed by atoms with Crippen LogP contribution in [-0.4, -0.2) is 32.1 Å². The molecule has 22 heavy (non-hydrogen) atoms. The predicted octanol–water partition coefficient (Wildman–Crippen LogP) is 3.34. The third-order valence-corrected chi connectivity index (χ3v) is 4.90. The van der Waals surface area contributed by atoms with Gasteiger partial charge in [-0.15, -0.1) is 0 Å². The van der Waals surface area contributed by atoms with E-state index in [-0.39, 0.29) is 11.8 Å². The molecular weight excluding hydrogens is 280 g/mol. The van der Waals surface area contributed by atoms with Crippen LogP contribution in [0, 0.1) is 5.92 Å². The summed E-state index contributed by atoms with van der Waals surface area (Å²) in [6, 6.07) is 7.74. The first-order valence-electron chi connectivity index (χ1n) is 8.16. The summed E-state index contributed by atoms with van der Waals surface area (Å²) >= 11 is 0. The number of hydrogen-bond donors (Lipinski definition) is 0. The quantitative estimate of drug-likeness (QED) is 0.800. The van der Waals surface area contributed by atoms with E-state index in [2.05, 4.69) is 0 Å². The Kier molecular flexibility index (Phi) is 4.79. The fourth-order valence-electron chi connectivity index (χ4n) is 3.49. The summed E-state index contributed by atoms with van der Waals surface area (Å²) in [5, 5.41) is 0. The van der Waals surface area contributed by atoms with Crippen LogP contribution < -0.4 is 0 Å². The molecule has 1 spiro atoms. The molecule has 0 bridgehead atoms. The van der Waals surface area contributed by atoms with Gasteiger partial charge in [-0.2, -0.15) is 0 Å². The molecular formula is C18H24O4. The van der Waals surface area contributed by atoms with E-state index in [0.29, 0.717) is 5.56 Å². The number of carbonyl (C=O) groups is 1. The number of methoxy groups -OCH3 is 1. The van der Waals surface area contributed by atoms with Gasteiger partial charge in [0, 0.05) is 12.8 Å². The molecule has 1 aromatic rings. The van der Waals surface area contributed by atoms with E-state index in [4.69, 9.17) is 14.2 Å². The van der Waals surface area contributed by atoms with E-state index < -0.39 is 0 Å². The van der Waals surface area contributed by atoms with E-state index in [1.54, 1.807) is 0 Å². The Morgan fingerprint density at radius 2 is 1.82 bits per heavy atom. The molecule has 120 valence electrons. The topological polar surface area (TPSA) is 44.8 Å². The minimum Gasteiger partial charge on any atom is -0.465 e. The number of benzene rings is 1. The van der Waals surface area contributed by atoms with Crippen molar-refractivity contribution in [2.75, 3.05) is 20.3 Å². The van der Waals surface area contributed by atoms with Gasteiger partial charge in [-0.05, 0) is 49.3 Å². The van der Waals surface area contributed by atoms with Crippen molar-refractivity contribution in [1.82, 2.24) is 0 Å². The molecule has 0 atom stereocenters. The normalized spacial score (nSPS) is 21.1. The van der Waals surface area contributed by atoms with E-state index in [0.717, 1.165) is 38.4 Å². The molecule has 1 aromatic carbocycles. The molecule has 2 fully saturated rings. The first kappa shape index (κ1) is 15.5. The molecule has 1 heterocycles. The highest BCUT2D eigenvalue weighted by Crippen LogP contribution is 2.39. The zero-order chi connectivity index (χ0) is 15.4. The fourth-order valence-corrected chi connectivity index (χ4v) is 3.49. The molecule has 0 N–H and O–H groups in total. The second-order valence-corrected chi connectivity index (χ2v) is 6.28. The van der Waals surface area contributed by atoms with Gasteiger partial charge in [-0.1, -0.05) is 12.1 Å². The Balaban J connectivity index is 1.46. The van der Waals surface area contributed by atoms with Gasteiger partial charge >= 0.3 is 5.97 Å². The second kappa shape index (κ2) is 6.80. The van der Waals surface area contributed by atoms with E-state index in [9.17, 15) is 4.79 Å². The van der Waals surface area contributed by atoms with Gasteiger partial charge < -0.3 is 14.2 Å². The van der Waals surface area contributed by atoms with Crippen LogP contribution in [0.3, 0.4) is 0 Å². The summed E-state index contributed by atoms with van der Waals surface area (Å²) in [5.41, 5.74) is 1.89. The van der Waals surface area contributed by atoms with Gasteiger partial charge in [0.05, 0.1) is 25.9 Å². The molecule has 0 unspecified atom stereocenters. The van der Waals surface area contributed by atoms with Crippen molar-refractivity contribution in [3.05, 3.63) is 35.4 Å². The standard InChI is InChI=1S/C18H24O4/c1-20-17(19)16-6-4-14(5-7-16)2-3-15-8-10-18(11-9-15)21-12-13-22-18/h4-7,15H,2-3,8-13H2,1H3. The maximum absolute atomic E-state index is 11.4. The maximum Gasteiger partial charge on any atom is 0.337 e. The van der Waals surface area contributed by atoms with Crippen LogP contribution >= 0.6 is 0 Å².